The van der Waals surface area contributed by atoms with Crippen LogP contribution in [0.15, 0.2) is 47.6 Å². The maximum Gasteiger partial charge on any atom is 0.243 e. The highest BCUT2D eigenvalue weighted by Crippen LogP contribution is 2.26. The fourth-order valence-corrected chi connectivity index (χ4v) is 3.97. The number of piperidine rings is 1. The van der Waals surface area contributed by atoms with E-state index in [-0.39, 0.29) is 11.9 Å². The summed E-state index contributed by atoms with van der Waals surface area (Å²) in [7, 11) is 0. The number of nitrogens with one attached hydrogen (secondary N) is 1. The van der Waals surface area contributed by atoms with Gasteiger partial charge in [0.2, 0.25) is 5.95 Å². The van der Waals surface area contributed by atoms with Crippen molar-refractivity contribution in [2.24, 2.45) is 10.7 Å². The number of pyridine rings is 1. The van der Waals surface area contributed by atoms with Crippen molar-refractivity contribution < 1.29 is 9.50 Å². The second-order valence-corrected chi connectivity index (χ2v) is 7.93. The molecule has 0 saturated carbocycles. The summed E-state index contributed by atoms with van der Waals surface area (Å²) in [5, 5.41) is 19.2. The van der Waals surface area contributed by atoms with E-state index in [0.717, 1.165) is 25.9 Å². The fourth-order valence-electron chi connectivity index (χ4n) is 3.65. The molecule has 1 saturated heterocycles. The van der Waals surface area contributed by atoms with Gasteiger partial charge in [-0.2, -0.15) is 4.98 Å². The van der Waals surface area contributed by atoms with E-state index < -0.39 is 6.10 Å². The molecule has 4 N–H and O–H groups in total. The predicted octanol–water partition coefficient (Wildman–Crippen LogP) is 2.49. The number of likely N-dealkylation sites (tertiary alicyclic amines) is 1. The van der Waals surface area contributed by atoms with Crippen LogP contribution < -0.4 is 11.1 Å². The fraction of sp³-hybridized carbons (Fsp3) is 0.333. The summed E-state index contributed by atoms with van der Waals surface area (Å²) in [4.78, 5) is 10.8. The number of amidine groups is 1. The molecule has 2 aromatic heterocycles. The van der Waals surface area contributed by atoms with Gasteiger partial charge >= 0.3 is 0 Å². The van der Waals surface area contributed by atoms with Gasteiger partial charge in [-0.05, 0) is 55.7 Å². The summed E-state index contributed by atoms with van der Waals surface area (Å²) in [6.07, 6.45) is 2.57. The summed E-state index contributed by atoms with van der Waals surface area (Å²) in [5.74, 6) is 0.605. The second-order valence-electron chi connectivity index (χ2n) is 7.56. The zero-order valence-corrected chi connectivity index (χ0v) is 17.9. The Bertz CT molecular complexity index is 1100. The number of aliphatic hydroxyl groups excluding tert-OH is 1. The minimum atomic E-state index is -0.933. The normalized spacial score (nSPS) is 16.5. The van der Waals surface area contributed by atoms with Gasteiger partial charge in [0, 0.05) is 30.9 Å². The van der Waals surface area contributed by atoms with Crippen LogP contribution in [0.25, 0.3) is 5.65 Å². The number of aromatic nitrogens is 3. The van der Waals surface area contributed by atoms with Crippen LogP contribution in [0.2, 0.25) is 0 Å². The van der Waals surface area contributed by atoms with Crippen molar-refractivity contribution in [1.82, 2.24) is 19.5 Å². The lowest BCUT2D eigenvalue weighted by molar-refractivity contribution is 0.221. The standard InChI is InChI=1S/C21H24FN7OS/c1-13(23)24-21(31)28-11-8-16(9-12-28)25-20-26-19-17(3-2-10-29(19)27-20)18(30)14-4-6-15(22)7-5-14/h2-7,10,16,18,30H,8-9,11-12H2,1H3,(H,25,27)(H2,23,24,31). The number of aliphatic hydroxyl groups is 1. The van der Waals surface area contributed by atoms with E-state index in [0.29, 0.717) is 33.7 Å². The number of rotatable bonds is 4. The Morgan fingerprint density at radius 1 is 1.29 bits per heavy atom. The number of halogens is 1. The van der Waals surface area contributed by atoms with Crippen LogP contribution in [0.4, 0.5) is 10.3 Å². The van der Waals surface area contributed by atoms with E-state index in [1.165, 1.54) is 12.1 Å². The van der Waals surface area contributed by atoms with Gasteiger partial charge in [-0.3, -0.25) is 0 Å². The molecule has 3 aromatic rings. The first-order valence-electron chi connectivity index (χ1n) is 10.1. The molecule has 1 aliphatic rings. The number of hydrogen-bond acceptors (Lipinski definition) is 5. The third-order valence-corrected chi connectivity index (χ3v) is 5.59. The molecule has 1 aliphatic heterocycles. The number of fused-ring (bicyclic) bond motifs is 1. The van der Waals surface area contributed by atoms with E-state index in [1.54, 1.807) is 41.9 Å². The molecule has 3 heterocycles. The summed E-state index contributed by atoms with van der Waals surface area (Å²) < 4.78 is 14.8. The Morgan fingerprint density at radius 2 is 2.00 bits per heavy atom. The first-order valence-corrected chi connectivity index (χ1v) is 10.5. The van der Waals surface area contributed by atoms with E-state index in [9.17, 15) is 9.50 Å². The number of nitrogens with zero attached hydrogens (tertiary/aromatic N) is 5. The molecule has 1 atom stereocenters. The summed E-state index contributed by atoms with van der Waals surface area (Å²) in [6, 6.07) is 9.57. The maximum atomic E-state index is 13.2. The Balaban J connectivity index is 1.47. The van der Waals surface area contributed by atoms with Gasteiger partial charge in [0.25, 0.3) is 0 Å². The molecule has 1 aromatic carbocycles. The van der Waals surface area contributed by atoms with E-state index in [2.05, 4.69) is 20.4 Å². The van der Waals surface area contributed by atoms with Gasteiger partial charge in [0.15, 0.2) is 10.8 Å². The lowest BCUT2D eigenvalue weighted by atomic mass is 10.0. The number of anilines is 1. The van der Waals surface area contributed by atoms with Crippen LogP contribution >= 0.6 is 12.2 Å². The van der Waals surface area contributed by atoms with Gasteiger partial charge in [-0.1, -0.05) is 18.2 Å². The molecule has 0 radical (unpaired) electrons. The van der Waals surface area contributed by atoms with Crippen LogP contribution in [0.5, 0.6) is 0 Å². The van der Waals surface area contributed by atoms with Gasteiger partial charge in [0.05, 0.1) is 5.84 Å². The highest BCUT2D eigenvalue weighted by Gasteiger charge is 2.23. The molecule has 4 rings (SSSR count). The van der Waals surface area contributed by atoms with Crippen LogP contribution in [0, 0.1) is 5.82 Å². The van der Waals surface area contributed by atoms with Gasteiger partial charge in [0.1, 0.15) is 11.9 Å². The SMILES string of the molecule is CC(N)=NC(=S)N1CCC(Nc2nc3c(C(O)c4ccc(F)cc4)cccn3n2)CC1. The summed E-state index contributed by atoms with van der Waals surface area (Å²) in [5.41, 5.74) is 7.35. The average molecular weight is 442 g/mol. The Kier molecular flexibility index (Phi) is 6.10. The topological polar surface area (TPSA) is 104 Å². The number of aliphatic imine (C=N–C) groups is 1. The van der Waals surface area contributed by atoms with E-state index >= 15 is 0 Å². The zero-order valence-electron chi connectivity index (χ0n) is 17.1. The number of thiocarbonyl (C=S) groups is 1. The lowest BCUT2D eigenvalue weighted by Gasteiger charge is -2.32. The van der Waals surface area contributed by atoms with E-state index in [1.807, 2.05) is 4.90 Å². The molecule has 0 amide bonds. The third kappa shape index (κ3) is 4.80. The van der Waals surface area contributed by atoms with Crippen LogP contribution in [-0.2, 0) is 0 Å². The molecule has 8 nitrogen and oxygen atoms in total. The van der Waals surface area contributed by atoms with Crippen LogP contribution in [0.1, 0.15) is 37.0 Å². The van der Waals surface area contributed by atoms with Gasteiger partial charge in [-0.15, -0.1) is 5.10 Å². The van der Waals surface area contributed by atoms with Crippen molar-refractivity contribution in [2.45, 2.75) is 31.9 Å². The highest BCUT2D eigenvalue weighted by molar-refractivity contribution is 7.80. The smallest absolute Gasteiger partial charge is 0.243 e. The van der Waals surface area contributed by atoms with E-state index in [4.69, 9.17) is 18.0 Å². The molecular weight excluding hydrogens is 417 g/mol. The van der Waals surface area contributed by atoms with Crippen molar-refractivity contribution in [1.29, 1.82) is 0 Å². The summed E-state index contributed by atoms with van der Waals surface area (Å²) >= 11 is 5.31. The molecule has 162 valence electrons. The molecule has 31 heavy (non-hydrogen) atoms. The summed E-state index contributed by atoms with van der Waals surface area (Å²) in [6.45, 7) is 3.27. The van der Waals surface area contributed by atoms with Crippen molar-refractivity contribution >= 4 is 34.8 Å². The predicted molar refractivity (Wildman–Crippen MR) is 122 cm³/mol. The molecule has 10 heteroatoms. The zero-order chi connectivity index (χ0) is 22.0. The van der Waals surface area contributed by atoms with Crippen molar-refractivity contribution in [2.75, 3.05) is 18.4 Å². The average Bonchev–Trinajstić information content (AvgIpc) is 3.16. The number of benzene rings is 1. The Labute approximate surface area is 184 Å². The molecule has 0 spiro atoms. The monoisotopic (exact) mass is 441 g/mol. The third-order valence-electron chi connectivity index (χ3n) is 5.24. The molecule has 0 aliphatic carbocycles. The van der Waals surface area contributed by atoms with Gasteiger partial charge in [-0.25, -0.2) is 13.9 Å². The first kappa shape index (κ1) is 21.1. The molecular formula is C21H24FN7OS. The molecule has 0 bridgehead atoms. The van der Waals surface area contributed by atoms with Crippen molar-refractivity contribution in [3.63, 3.8) is 0 Å². The van der Waals surface area contributed by atoms with Crippen molar-refractivity contribution in [3.8, 4) is 0 Å². The second kappa shape index (κ2) is 8.94. The maximum absolute atomic E-state index is 13.2. The number of nitrogens with two attached hydrogens (primary N) is 1. The van der Waals surface area contributed by atoms with Crippen molar-refractivity contribution in [3.05, 3.63) is 59.5 Å². The van der Waals surface area contributed by atoms with Crippen LogP contribution in [0.3, 0.4) is 0 Å². The Morgan fingerprint density at radius 3 is 2.68 bits per heavy atom. The minimum Gasteiger partial charge on any atom is -0.387 e. The molecule has 1 unspecified atom stereocenters. The minimum absolute atomic E-state index is 0.199. The number of hydrogen-bond donors (Lipinski definition) is 3. The van der Waals surface area contributed by atoms with Gasteiger partial charge < -0.3 is 21.1 Å². The lowest BCUT2D eigenvalue weighted by Crippen LogP contribution is -2.41. The largest absolute Gasteiger partial charge is 0.387 e. The Hall–Kier alpha value is -3.11. The molecule has 1 fully saturated rings. The first-order chi connectivity index (χ1) is 14.9. The quantitative estimate of drug-likeness (QED) is 0.325. The highest BCUT2D eigenvalue weighted by atomic mass is 32.1. The van der Waals surface area contributed by atoms with Crippen LogP contribution in [-0.4, -0.2) is 54.7 Å².